The number of amidine groups is 1. The van der Waals surface area contributed by atoms with E-state index in [-0.39, 0.29) is 5.84 Å². The fourth-order valence-electron chi connectivity index (χ4n) is 1.78. The number of aryl methyl sites for hydroxylation is 1. The van der Waals surface area contributed by atoms with Crippen LogP contribution in [0.15, 0.2) is 48.5 Å². The third-order valence-electron chi connectivity index (χ3n) is 2.99. The molecule has 3 nitrogen and oxygen atoms in total. The molecule has 2 rings (SSSR count). The van der Waals surface area contributed by atoms with Crippen molar-refractivity contribution in [2.45, 2.75) is 6.92 Å². The lowest BCUT2D eigenvalue weighted by atomic mass is 10.1. The molecule has 0 amide bonds. The summed E-state index contributed by atoms with van der Waals surface area (Å²) in [5, 5.41) is 7.37. The number of hydrogen-bond acceptors (Lipinski definition) is 2. The van der Waals surface area contributed by atoms with Gasteiger partial charge in [0.1, 0.15) is 5.84 Å². The quantitative estimate of drug-likeness (QED) is 0.639. The van der Waals surface area contributed by atoms with Gasteiger partial charge in [-0.15, -0.1) is 0 Å². The van der Waals surface area contributed by atoms with Gasteiger partial charge in [-0.1, -0.05) is 17.7 Å². The predicted octanol–water partition coefficient (Wildman–Crippen LogP) is 3.05. The fraction of sp³-hybridized carbons (Fsp3) is 0.133. The summed E-state index contributed by atoms with van der Waals surface area (Å²) in [4.78, 5) is 2.10. The highest BCUT2D eigenvalue weighted by molar-refractivity contribution is 5.95. The molecule has 0 radical (unpaired) electrons. The van der Waals surface area contributed by atoms with Crippen molar-refractivity contribution in [3.8, 4) is 0 Å². The van der Waals surface area contributed by atoms with E-state index in [0.717, 1.165) is 16.9 Å². The third kappa shape index (κ3) is 2.51. The van der Waals surface area contributed by atoms with Crippen LogP contribution >= 0.6 is 0 Å². The van der Waals surface area contributed by atoms with Gasteiger partial charge in [-0.3, -0.25) is 5.41 Å². The average molecular weight is 239 g/mol. The lowest BCUT2D eigenvalue weighted by Crippen LogP contribution is -2.12. The standard InChI is InChI=1S/C15H17N3/c1-11-3-7-13(8-4-11)18(2)14-9-5-12(6-10-14)15(16)17/h3-10H,1-2H3,(H3,16,17). The zero-order chi connectivity index (χ0) is 13.1. The first kappa shape index (κ1) is 12.2. The smallest absolute Gasteiger partial charge is 0.122 e. The molecule has 0 saturated heterocycles. The molecule has 3 N–H and O–H groups in total. The van der Waals surface area contributed by atoms with E-state index in [9.17, 15) is 0 Å². The predicted molar refractivity (Wildman–Crippen MR) is 76.7 cm³/mol. The van der Waals surface area contributed by atoms with E-state index in [2.05, 4.69) is 36.1 Å². The highest BCUT2D eigenvalue weighted by Gasteiger charge is 2.04. The second-order valence-corrected chi connectivity index (χ2v) is 4.36. The lowest BCUT2D eigenvalue weighted by Gasteiger charge is -2.20. The van der Waals surface area contributed by atoms with Crippen molar-refractivity contribution < 1.29 is 0 Å². The van der Waals surface area contributed by atoms with Crippen molar-refractivity contribution in [1.29, 1.82) is 5.41 Å². The van der Waals surface area contributed by atoms with Crippen molar-refractivity contribution in [3.63, 3.8) is 0 Å². The Hall–Kier alpha value is -2.29. The molecule has 0 aliphatic heterocycles. The van der Waals surface area contributed by atoms with E-state index in [0.29, 0.717) is 0 Å². The summed E-state index contributed by atoms with van der Waals surface area (Å²) in [6.45, 7) is 2.07. The van der Waals surface area contributed by atoms with Crippen LogP contribution in [-0.2, 0) is 0 Å². The summed E-state index contributed by atoms with van der Waals surface area (Å²) >= 11 is 0. The Morgan fingerprint density at radius 3 is 1.83 bits per heavy atom. The summed E-state index contributed by atoms with van der Waals surface area (Å²) in [5.74, 6) is 0.0968. The first-order valence-corrected chi connectivity index (χ1v) is 5.83. The molecule has 3 heteroatoms. The lowest BCUT2D eigenvalue weighted by molar-refractivity contribution is 1.20. The van der Waals surface area contributed by atoms with Crippen molar-refractivity contribution in [3.05, 3.63) is 59.7 Å². The summed E-state index contributed by atoms with van der Waals surface area (Å²) < 4.78 is 0. The Labute approximate surface area is 107 Å². The van der Waals surface area contributed by atoms with Gasteiger partial charge in [0.25, 0.3) is 0 Å². The highest BCUT2D eigenvalue weighted by Crippen LogP contribution is 2.23. The number of hydrogen-bond donors (Lipinski definition) is 2. The molecule has 0 saturated carbocycles. The van der Waals surface area contributed by atoms with Gasteiger partial charge in [0.05, 0.1) is 0 Å². The van der Waals surface area contributed by atoms with E-state index < -0.39 is 0 Å². The maximum Gasteiger partial charge on any atom is 0.122 e. The third-order valence-corrected chi connectivity index (χ3v) is 2.99. The Balaban J connectivity index is 2.25. The van der Waals surface area contributed by atoms with Crippen LogP contribution in [0.2, 0.25) is 0 Å². The number of nitrogens with two attached hydrogens (primary N) is 1. The van der Waals surface area contributed by atoms with Gasteiger partial charge in [0, 0.05) is 24.0 Å². The minimum Gasteiger partial charge on any atom is -0.384 e. The van der Waals surface area contributed by atoms with Crippen LogP contribution in [0.25, 0.3) is 0 Å². The van der Waals surface area contributed by atoms with Crippen LogP contribution in [0.1, 0.15) is 11.1 Å². The number of benzene rings is 2. The van der Waals surface area contributed by atoms with Crippen LogP contribution in [0.4, 0.5) is 11.4 Å². The van der Waals surface area contributed by atoms with Crippen LogP contribution < -0.4 is 10.6 Å². The molecular formula is C15H17N3. The monoisotopic (exact) mass is 239 g/mol. The number of nitrogen functional groups attached to an aromatic ring is 1. The van der Waals surface area contributed by atoms with E-state index in [1.54, 1.807) is 0 Å². The van der Waals surface area contributed by atoms with Gasteiger partial charge in [0.15, 0.2) is 0 Å². The maximum atomic E-state index is 7.37. The maximum absolute atomic E-state index is 7.37. The molecule has 0 aromatic heterocycles. The Bertz CT molecular complexity index is 541. The molecule has 18 heavy (non-hydrogen) atoms. The Morgan fingerprint density at radius 2 is 1.39 bits per heavy atom. The summed E-state index contributed by atoms with van der Waals surface area (Å²) in [5.41, 5.74) is 9.64. The zero-order valence-corrected chi connectivity index (χ0v) is 10.6. The van der Waals surface area contributed by atoms with Crippen LogP contribution in [0.3, 0.4) is 0 Å². The van der Waals surface area contributed by atoms with E-state index in [1.165, 1.54) is 5.56 Å². The first-order chi connectivity index (χ1) is 8.58. The van der Waals surface area contributed by atoms with E-state index in [4.69, 9.17) is 11.1 Å². The molecule has 0 unspecified atom stereocenters. The van der Waals surface area contributed by atoms with Crippen molar-refractivity contribution >= 4 is 17.2 Å². The SMILES string of the molecule is Cc1ccc(N(C)c2ccc(C(=N)N)cc2)cc1. The second kappa shape index (κ2) is 4.92. The molecule has 92 valence electrons. The summed E-state index contributed by atoms with van der Waals surface area (Å²) in [7, 11) is 2.02. The van der Waals surface area contributed by atoms with Crippen molar-refractivity contribution in [2.75, 3.05) is 11.9 Å². The first-order valence-electron chi connectivity index (χ1n) is 5.83. The molecule has 0 bridgehead atoms. The van der Waals surface area contributed by atoms with E-state index >= 15 is 0 Å². The average Bonchev–Trinajstić information content (AvgIpc) is 2.39. The molecule has 0 aliphatic carbocycles. The zero-order valence-electron chi connectivity index (χ0n) is 10.6. The molecule has 0 atom stereocenters. The van der Waals surface area contributed by atoms with Crippen molar-refractivity contribution in [2.24, 2.45) is 5.73 Å². The van der Waals surface area contributed by atoms with Gasteiger partial charge < -0.3 is 10.6 Å². The molecule has 0 spiro atoms. The van der Waals surface area contributed by atoms with Crippen LogP contribution in [0, 0.1) is 12.3 Å². The summed E-state index contributed by atoms with van der Waals surface area (Å²) in [6, 6.07) is 16.0. The van der Waals surface area contributed by atoms with Gasteiger partial charge in [-0.25, -0.2) is 0 Å². The normalized spacial score (nSPS) is 10.1. The number of nitrogens with one attached hydrogen (secondary N) is 1. The fourth-order valence-corrected chi connectivity index (χ4v) is 1.78. The van der Waals surface area contributed by atoms with Gasteiger partial charge in [-0.05, 0) is 43.3 Å². The Morgan fingerprint density at radius 1 is 0.944 bits per heavy atom. The number of anilines is 2. The molecule has 2 aromatic carbocycles. The van der Waals surface area contributed by atoms with Crippen LogP contribution in [0.5, 0.6) is 0 Å². The molecule has 0 aliphatic rings. The summed E-state index contributed by atoms with van der Waals surface area (Å²) in [6.07, 6.45) is 0. The molecular weight excluding hydrogens is 222 g/mol. The second-order valence-electron chi connectivity index (χ2n) is 4.36. The minimum absolute atomic E-state index is 0.0968. The van der Waals surface area contributed by atoms with E-state index in [1.807, 2.05) is 31.3 Å². The minimum atomic E-state index is 0.0968. The molecule has 2 aromatic rings. The van der Waals surface area contributed by atoms with Gasteiger partial charge in [-0.2, -0.15) is 0 Å². The van der Waals surface area contributed by atoms with Gasteiger partial charge >= 0.3 is 0 Å². The number of rotatable bonds is 3. The molecule has 0 fully saturated rings. The van der Waals surface area contributed by atoms with Gasteiger partial charge in [0.2, 0.25) is 0 Å². The topological polar surface area (TPSA) is 53.1 Å². The molecule has 0 heterocycles. The largest absolute Gasteiger partial charge is 0.384 e. The number of nitrogens with zero attached hydrogens (tertiary/aromatic N) is 1. The van der Waals surface area contributed by atoms with Crippen LogP contribution in [-0.4, -0.2) is 12.9 Å². The highest BCUT2D eigenvalue weighted by atomic mass is 15.1. The van der Waals surface area contributed by atoms with Crippen molar-refractivity contribution in [1.82, 2.24) is 0 Å². The Kier molecular flexibility index (Phi) is 3.33.